The number of carbonyl (C=O) groups is 1. The van der Waals surface area contributed by atoms with E-state index in [1.165, 1.54) is 18.3 Å². The number of aromatic nitrogens is 1. The molecular weight excluding hydrogens is 411 g/mol. The second kappa shape index (κ2) is 8.31. The molecule has 0 radical (unpaired) electrons. The van der Waals surface area contributed by atoms with E-state index in [1.54, 1.807) is 48.5 Å². The maximum atomic E-state index is 12.9. The van der Waals surface area contributed by atoms with E-state index >= 15 is 0 Å². The molecule has 31 heavy (non-hydrogen) atoms. The Morgan fingerprint density at radius 3 is 2.58 bits per heavy atom. The van der Waals surface area contributed by atoms with Crippen LogP contribution in [0.5, 0.6) is 5.75 Å². The molecular formula is C22H14F3N3O3. The van der Waals surface area contributed by atoms with Crippen LogP contribution in [0.3, 0.4) is 0 Å². The van der Waals surface area contributed by atoms with E-state index in [0.717, 1.165) is 12.1 Å². The summed E-state index contributed by atoms with van der Waals surface area (Å²) in [6.07, 6.45) is -3.31. The minimum absolute atomic E-state index is 0.0729. The first-order valence-electron chi connectivity index (χ1n) is 9.03. The van der Waals surface area contributed by atoms with Crippen molar-refractivity contribution in [2.75, 3.05) is 5.32 Å². The summed E-state index contributed by atoms with van der Waals surface area (Å²) < 4.78 is 47.3. The lowest BCUT2D eigenvalue weighted by Crippen LogP contribution is -2.22. The highest BCUT2D eigenvalue weighted by Crippen LogP contribution is 2.26. The van der Waals surface area contributed by atoms with Crippen molar-refractivity contribution < 1.29 is 27.1 Å². The third-order valence-corrected chi connectivity index (χ3v) is 4.09. The van der Waals surface area contributed by atoms with Crippen LogP contribution in [0.25, 0.3) is 11.0 Å². The minimum Gasteiger partial charge on any atom is -0.438 e. The molecule has 0 atom stereocenters. The van der Waals surface area contributed by atoms with Gasteiger partial charge in [0.25, 0.3) is 5.91 Å². The Kier molecular flexibility index (Phi) is 5.40. The van der Waals surface area contributed by atoms with Crippen LogP contribution in [0.2, 0.25) is 0 Å². The molecule has 0 fully saturated rings. The first-order valence-corrected chi connectivity index (χ1v) is 9.03. The SMILES string of the molecule is O=C(Nc1ccccn1)c1cc2ccccc2oc1=Nc1cccc(OC(F)(F)F)c1. The number of halogens is 3. The van der Waals surface area contributed by atoms with Gasteiger partial charge in [-0.2, -0.15) is 0 Å². The first kappa shape index (κ1) is 20.1. The average Bonchev–Trinajstić information content (AvgIpc) is 2.73. The molecule has 1 N–H and O–H groups in total. The van der Waals surface area contributed by atoms with Gasteiger partial charge in [-0.25, -0.2) is 9.98 Å². The van der Waals surface area contributed by atoms with Gasteiger partial charge in [-0.15, -0.1) is 13.2 Å². The van der Waals surface area contributed by atoms with Crippen LogP contribution in [-0.4, -0.2) is 17.3 Å². The molecule has 2 aromatic carbocycles. The molecule has 0 bridgehead atoms. The number of fused-ring (bicyclic) bond motifs is 1. The number of alkyl halides is 3. The smallest absolute Gasteiger partial charge is 0.438 e. The van der Waals surface area contributed by atoms with Crippen molar-refractivity contribution in [1.82, 2.24) is 4.98 Å². The molecule has 0 spiro atoms. The van der Waals surface area contributed by atoms with Gasteiger partial charge in [0.1, 0.15) is 22.7 Å². The third-order valence-electron chi connectivity index (χ3n) is 4.09. The van der Waals surface area contributed by atoms with E-state index in [-0.39, 0.29) is 16.8 Å². The molecule has 4 rings (SSSR count). The van der Waals surface area contributed by atoms with E-state index < -0.39 is 18.0 Å². The van der Waals surface area contributed by atoms with Gasteiger partial charge in [0.2, 0.25) is 5.55 Å². The molecule has 0 aliphatic carbocycles. The monoisotopic (exact) mass is 425 g/mol. The summed E-state index contributed by atoms with van der Waals surface area (Å²) >= 11 is 0. The number of nitrogens with zero attached hydrogens (tertiary/aromatic N) is 2. The van der Waals surface area contributed by atoms with Crippen molar-refractivity contribution in [1.29, 1.82) is 0 Å². The van der Waals surface area contributed by atoms with Crippen molar-refractivity contribution in [2.45, 2.75) is 6.36 Å². The highest BCUT2D eigenvalue weighted by molar-refractivity contribution is 6.04. The summed E-state index contributed by atoms with van der Waals surface area (Å²) in [5.41, 5.74) is 0.591. The summed E-state index contributed by atoms with van der Waals surface area (Å²) in [5.74, 6) is -0.643. The molecule has 0 unspecified atom stereocenters. The fourth-order valence-electron chi connectivity index (χ4n) is 2.80. The van der Waals surface area contributed by atoms with Gasteiger partial charge < -0.3 is 14.5 Å². The van der Waals surface area contributed by atoms with Gasteiger partial charge in [0, 0.05) is 17.6 Å². The number of hydrogen-bond donors (Lipinski definition) is 1. The molecule has 0 saturated carbocycles. The minimum atomic E-state index is -4.83. The van der Waals surface area contributed by atoms with Crippen LogP contribution < -0.4 is 15.6 Å². The summed E-state index contributed by atoms with van der Waals surface area (Å²) in [5, 5.41) is 3.30. The lowest BCUT2D eigenvalue weighted by Gasteiger charge is -2.09. The molecule has 9 heteroatoms. The van der Waals surface area contributed by atoms with E-state index in [0.29, 0.717) is 16.8 Å². The fraction of sp³-hybridized carbons (Fsp3) is 0.0455. The Hall–Kier alpha value is -4.14. The van der Waals surface area contributed by atoms with Crippen molar-refractivity contribution >= 4 is 28.4 Å². The predicted octanol–water partition coefficient (Wildman–Crippen LogP) is 5.21. The number of anilines is 1. The molecule has 1 amide bonds. The lowest BCUT2D eigenvalue weighted by atomic mass is 10.1. The van der Waals surface area contributed by atoms with Gasteiger partial charge in [-0.05, 0) is 36.4 Å². The highest BCUT2D eigenvalue weighted by atomic mass is 19.4. The van der Waals surface area contributed by atoms with Crippen molar-refractivity contribution in [3.8, 4) is 5.75 Å². The molecule has 2 heterocycles. The van der Waals surface area contributed by atoms with Gasteiger partial charge in [0.15, 0.2) is 0 Å². The average molecular weight is 425 g/mol. The molecule has 156 valence electrons. The summed E-state index contributed by atoms with van der Waals surface area (Å²) in [4.78, 5) is 21.2. The zero-order valence-corrected chi connectivity index (χ0v) is 15.8. The molecule has 4 aromatic rings. The number of hydrogen-bond acceptors (Lipinski definition) is 5. The Labute approximate surface area is 173 Å². The number of ether oxygens (including phenoxy) is 1. The van der Waals surface area contributed by atoms with Crippen LogP contribution in [-0.2, 0) is 0 Å². The van der Waals surface area contributed by atoms with Crippen LogP contribution >= 0.6 is 0 Å². The molecule has 6 nitrogen and oxygen atoms in total. The summed E-state index contributed by atoms with van der Waals surface area (Å²) in [6.45, 7) is 0. The number of pyridine rings is 1. The fourth-order valence-corrected chi connectivity index (χ4v) is 2.80. The first-order chi connectivity index (χ1) is 14.9. The van der Waals surface area contributed by atoms with Gasteiger partial charge in [-0.1, -0.05) is 30.3 Å². The number of carbonyl (C=O) groups excluding carboxylic acids is 1. The Bertz CT molecular complexity index is 1300. The number of amides is 1. The Morgan fingerprint density at radius 1 is 1.00 bits per heavy atom. The van der Waals surface area contributed by atoms with Gasteiger partial charge in [-0.3, -0.25) is 4.79 Å². The van der Waals surface area contributed by atoms with Crippen LogP contribution in [0.1, 0.15) is 10.4 Å². The van der Waals surface area contributed by atoms with Crippen molar-refractivity contribution in [3.63, 3.8) is 0 Å². The lowest BCUT2D eigenvalue weighted by molar-refractivity contribution is -0.274. The maximum absolute atomic E-state index is 12.9. The van der Waals surface area contributed by atoms with Crippen LogP contribution in [0.15, 0.2) is 88.4 Å². The van der Waals surface area contributed by atoms with E-state index in [9.17, 15) is 18.0 Å². The third kappa shape index (κ3) is 5.08. The number of benzene rings is 2. The normalized spacial score (nSPS) is 12.0. The van der Waals surface area contributed by atoms with Crippen molar-refractivity contribution in [3.05, 3.63) is 90.1 Å². The van der Waals surface area contributed by atoms with E-state index in [2.05, 4.69) is 20.0 Å². The zero-order chi connectivity index (χ0) is 21.8. The number of para-hydroxylation sites is 1. The number of rotatable bonds is 4. The zero-order valence-electron chi connectivity index (χ0n) is 15.8. The Balaban J connectivity index is 1.80. The Morgan fingerprint density at radius 2 is 1.81 bits per heavy atom. The predicted molar refractivity (Wildman–Crippen MR) is 107 cm³/mol. The molecule has 2 aromatic heterocycles. The highest BCUT2D eigenvalue weighted by Gasteiger charge is 2.31. The summed E-state index contributed by atoms with van der Waals surface area (Å²) in [6, 6.07) is 18.7. The largest absolute Gasteiger partial charge is 0.573 e. The van der Waals surface area contributed by atoms with Crippen LogP contribution in [0.4, 0.5) is 24.7 Å². The molecule has 0 aliphatic rings. The van der Waals surface area contributed by atoms with Gasteiger partial charge >= 0.3 is 6.36 Å². The standard InChI is InChI=1S/C22H14F3N3O3/c23-22(24,25)31-16-8-5-7-15(13-16)27-21-17(12-14-6-1-2-9-18(14)30-21)20(29)28-19-10-3-4-11-26-19/h1-13H,(H,26,28,29). The number of nitrogens with one attached hydrogen (secondary N) is 1. The molecule has 0 aliphatic heterocycles. The van der Waals surface area contributed by atoms with Crippen LogP contribution in [0, 0.1) is 0 Å². The second-order valence-corrected chi connectivity index (χ2v) is 6.33. The second-order valence-electron chi connectivity index (χ2n) is 6.33. The molecule has 0 saturated heterocycles. The van der Waals surface area contributed by atoms with Crippen molar-refractivity contribution in [2.24, 2.45) is 4.99 Å². The quantitative estimate of drug-likeness (QED) is 0.487. The van der Waals surface area contributed by atoms with E-state index in [1.807, 2.05) is 0 Å². The topological polar surface area (TPSA) is 76.7 Å². The van der Waals surface area contributed by atoms with Gasteiger partial charge in [0.05, 0.1) is 5.69 Å². The van der Waals surface area contributed by atoms with E-state index in [4.69, 9.17) is 4.42 Å². The maximum Gasteiger partial charge on any atom is 0.573 e. The summed E-state index contributed by atoms with van der Waals surface area (Å²) in [7, 11) is 0.